The van der Waals surface area contributed by atoms with Crippen LogP contribution >= 0.6 is 0 Å². The summed E-state index contributed by atoms with van der Waals surface area (Å²) in [4.78, 5) is 23.2. The third-order valence-electron chi connectivity index (χ3n) is 5.20. The van der Waals surface area contributed by atoms with Crippen LogP contribution in [0.2, 0.25) is 0 Å². The van der Waals surface area contributed by atoms with Gasteiger partial charge in [0.25, 0.3) is 0 Å². The molecule has 3 atom stereocenters. The van der Waals surface area contributed by atoms with Crippen molar-refractivity contribution in [2.24, 2.45) is 17.8 Å². The first-order valence-corrected chi connectivity index (χ1v) is 8.12. The predicted octanol–water partition coefficient (Wildman–Crippen LogP) is 4.04. The molecular weight excluding hydrogens is 262 g/mol. The van der Waals surface area contributed by atoms with Crippen LogP contribution in [0, 0.1) is 17.8 Å². The second-order valence-corrected chi connectivity index (χ2v) is 6.55. The smallest absolute Gasteiger partial charge is 0.227 e. The lowest BCUT2D eigenvalue weighted by molar-refractivity contribution is -0.122. The maximum absolute atomic E-state index is 12.4. The molecule has 0 bridgehead atoms. The summed E-state index contributed by atoms with van der Waals surface area (Å²) in [5.74, 6) is 1.89. The van der Waals surface area contributed by atoms with Gasteiger partial charge in [-0.25, -0.2) is 0 Å². The number of anilines is 1. The Labute approximate surface area is 126 Å². The van der Waals surface area contributed by atoms with Crippen LogP contribution in [0.3, 0.4) is 0 Å². The van der Waals surface area contributed by atoms with E-state index in [9.17, 15) is 9.59 Å². The number of amides is 1. The summed E-state index contributed by atoms with van der Waals surface area (Å²) in [6.07, 6.45) is 9.44. The van der Waals surface area contributed by atoms with E-state index in [-0.39, 0.29) is 11.8 Å². The maximum atomic E-state index is 12.4. The predicted molar refractivity (Wildman–Crippen MR) is 83.2 cm³/mol. The van der Waals surface area contributed by atoms with Gasteiger partial charge in [0.2, 0.25) is 5.91 Å². The van der Waals surface area contributed by atoms with E-state index in [1.807, 2.05) is 6.07 Å². The van der Waals surface area contributed by atoms with Crippen molar-refractivity contribution >= 4 is 17.9 Å². The fraction of sp³-hybridized carbons (Fsp3) is 0.556. The molecule has 1 amide bonds. The summed E-state index contributed by atoms with van der Waals surface area (Å²) in [5.41, 5.74) is 1.33. The topological polar surface area (TPSA) is 46.2 Å². The molecule has 3 nitrogen and oxygen atoms in total. The highest BCUT2D eigenvalue weighted by molar-refractivity contribution is 5.93. The summed E-state index contributed by atoms with van der Waals surface area (Å²) in [5, 5.41) is 2.98. The van der Waals surface area contributed by atoms with E-state index in [0.29, 0.717) is 5.56 Å². The molecule has 0 saturated heterocycles. The molecule has 2 aliphatic carbocycles. The average Bonchev–Trinajstić information content (AvgIpc) is 2.54. The van der Waals surface area contributed by atoms with Crippen molar-refractivity contribution in [2.75, 3.05) is 5.32 Å². The molecular formula is C18H23NO2. The summed E-state index contributed by atoms with van der Waals surface area (Å²) >= 11 is 0. The van der Waals surface area contributed by atoms with Gasteiger partial charge in [-0.2, -0.15) is 0 Å². The highest BCUT2D eigenvalue weighted by atomic mass is 16.1. The second-order valence-electron chi connectivity index (χ2n) is 6.55. The Kier molecular flexibility index (Phi) is 4.37. The van der Waals surface area contributed by atoms with Gasteiger partial charge < -0.3 is 5.32 Å². The molecule has 2 aliphatic rings. The first-order valence-electron chi connectivity index (χ1n) is 8.12. The van der Waals surface area contributed by atoms with Gasteiger partial charge in [0.15, 0.2) is 0 Å². The summed E-state index contributed by atoms with van der Waals surface area (Å²) in [6, 6.07) is 7.13. The molecule has 3 heteroatoms. The summed E-state index contributed by atoms with van der Waals surface area (Å²) in [7, 11) is 0. The number of aldehydes is 1. The van der Waals surface area contributed by atoms with Crippen LogP contribution in [0.1, 0.15) is 55.3 Å². The number of carbonyl (C=O) groups is 2. The number of rotatable bonds is 3. The Bertz CT molecular complexity index is 526. The number of hydrogen-bond donors (Lipinski definition) is 1. The first-order chi connectivity index (χ1) is 10.3. The Balaban J connectivity index is 1.61. The SMILES string of the molecule is O=Cc1cccc(NC(=O)C2CCC3CCCCC3C2)c1. The minimum Gasteiger partial charge on any atom is -0.326 e. The Hall–Kier alpha value is -1.64. The van der Waals surface area contributed by atoms with E-state index in [1.54, 1.807) is 18.2 Å². The van der Waals surface area contributed by atoms with Crippen molar-refractivity contribution in [2.45, 2.75) is 44.9 Å². The monoisotopic (exact) mass is 285 g/mol. The van der Waals surface area contributed by atoms with E-state index in [2.05, 4.69) is 5.32 Å². The van der Waals surface area contributed by atoms with Crippen molar-refractivity contribution < 1.29 is 9.59 Å². The van der Waals surface area contributed by atoms with E-state index in [4.69, 9.17) is 0 Å². The van der Waals surface area contributed by atoms with Gasteiger partial charge in [-0.15, -0.1) is 0 Å². The number of carbonyl (C=O) groups excluding carboxylic acids is 2. The molecule has 1 aromatic carbocycles. The van der Waals surface area contributed by atoms with Gasteiger partial charge in [-0.05, 0) is 43.2 Å². The lowest BCUT2D eigenvalue weighted by Gasteiger charge is -2.38. The molecule has 0 heterocycles. The molecule has 0 aliphatic heterocycles. The molecule has 0 aromatic heterocycles. The largest absolute Gasteiger partial charge is 0.326 e. The lowest BCUT2D eigenvalue weighted by atomic mass is 9.67. The quantitative estimate of drug-likeness (QED) is 0.852. The van der Waals surface area contributed by atoms with E-state index in [1.165, 1.54) is 32.1 Å². The molecule has 0 spiro atoms. The van der Waals surface area contributed by atoms with Crippen LogP contribution in [0.25, 0.3) is 0 Å². The van der Waals surface area contributed by atoms with Crippen molar-refractivity contribution in [3.63, 3.8) is 0 Å². The van der Waals surface area contributed by atoms with Gasteiger partial charge in [0.05, 0.1) is 0 Å². The lowest BCUT2D eigenvalue weighted by Crippen LogP contribution is -2.33. The zero-order valence-electron chi connectivity index (χ0n) is 12.4. The van der Waals surface area contributed by atoms with E-state index < -0.39 is 0 Å². The third-order valence-corrected chi connectivity index (χ3v) is 5.20. The minimum absolute atomic E-state index is 0.127. The maximum Gasteiger partial charge on any atom is 0.227 e. The first kappa shape index (κ1) is 14.3. The highest BCUT2D eigenvalue weighted by Crippen LogP contribution is 2.42. The summed E-state index contributed by atoms with van der Waals surface area (Å²) < 4.78 is 0. The van der Waals surface area contributed by atoms with Crippen LogP contribution in [0.5, 0.6) is 0 Å². The van der Waals surface area contributed by atoms with Crippen LogP contribution in [-0.4, -0.2) is 12.2 Å². The Morgan fingerprint density at radius 2 is 1.90 bits per heavy atom. The molecule has 112 valence electrons. The zero-order valence-corrected chi connectivity index (χ0v) is 12.4. The van der Waals surface area contributed by atoms with Crippen LogP contribution in [-0.2, 0) is 4.79 Å². The second kappa shape index (κ2) is 6.42. The molecule has 3 unspecified atom stereocenters. The molecule has 21 heavy (non-hydrogen) atoms. The van der Waals surface area contributed by atoms with Crippen LogP contribution < -0.4 is 5.32 Å². The highest BCUT2D eigenvalue weighted by Gasteiger charge is 2.34. The van der Waals surface area contributed by atoms with Crippen molar-refractivity contribution in [1.82, 2.24) is 0 Å². The van der Waals surface area contributed by atoms with Crippen molar-refractivity contribution in [3.8, 4) is 0 Å². The van der Waals surface area contributed by atoms with Gasteiger partial charge in [0.1, 0.15) is 6.29 Å². The Morgan fingerprint density at radius 3 is 2.71 bits per heavy atom. The fourth-order valence-electron chi connectivity index (χ4n) is 4.05. The molecule has 3 rings (SSSR count). The third kappa shape index (κ3) is 3.34. The molecule has 0 radical (unpaired) electrons. The van der Waals surface area contributed by atoms with Gasteiger partial charge in [-0.1, -0.05) is 37.8 Å². The fourth-order valence-corrected chi connectivity index (χ4v) is 4.05. The van der Waals surface area contributed by atoms with Crippen molar-refractivity contribution in [3.05, 3.63) is 29.8 Å². The number of benzene rings is 1. The zero-order chi connectivity index (χ0) is 14.7. The molecule has 2 saturated carbocycles. The average molecular weight is 285 g/mol. The number of hydrogen-bond acceptors (Lipinski definition) is 2. The normalized spacial score (nSPS) is 28.5. The van der Waals surface area contributed by atoms with E-state index in [0.717, 1.165) is 36.7 Å². The van der Waals surface area contributed by atoms with Gasteiger partial charge in [-0.3, -0.25) is 9.59 Å². The minimum atomic E-state index is 0.127. The molecule has 1 aromatic rings. The van der Waals surface area contributed by atoms with E-state index >= 15 is 0 Å². The number of nitrogens with one attached hydrogen (secondary N) is 1. The van der Waals surface area contributed by atoms with Crippen molar-refractivity contribution in [1.29, 1.82) is 0 Å². The number of fused-ring (bicyclic) bond motifs is 1. The van der Waals surface area contributed by atoms with Crippen LogP contribution in [0.4, 0.5) is 5.69 Å². The van der Waals surface area contributed by atoms with Gasteiger partial charge in [0, 0.05) is 17.2 Å². The molecule has 1 N–H and O–H groups in total. The van der Waals surface area contributed by atoms with Gasteiger partial charge >= 0.3 is 0 Å². The van der Waals surface area contributed by atoms with Crippen LogP contribution in [0.15, 0.2) is 24.3 Å². The Morgan fingerprint density at radius 1 is 1.10 bits per heavy atom. The standard InChI is InChI=1S/C18H23NO2/c20-12-13-4-3-7-17(10-13)19-18(21)16-9-8-14-5-1-2-6-15(14)11-16/h3-4,7,10,12,14-16H,1-2,5-6,8-9,11H2,(H,19,21). The summed E-state index contributed by atoms with van der Waals surface area (Å²) in [6.45, 7) is 0. The molecule has 2 fully saturated rings.